The van der Waals surface area contributed by atoms with E-state index in [0.717, 1.165) is 29.8 Å². The van der Waals surface area contributed by atoms with Gasteiger partial charge in [0.2, 0.25) is 5.95 Å². The number of ether oxygens (including phenoxy) is 1. The van der Waals surface area contributed by atoms with Crippen LogP contribution in [0.15, 0.2) is 48.7 Å². The van der Waals surface area contributed by atoms with Gasteiger partial charge in [-0.05, 0) is 51.3 Å². The van der Waals surface area contributed by atoms with Crippen molar-refractivity contribution in [2.75, 3.05) is 57.3 Å². The van der Waals surface area contributed by atoms with E-state index in [1.807, 2.05) is 27.2 Å². The van der Waals surface area contributed by atoms with Crippen LogP contribution in [-0.4, -0.2) is 71.9 Å². The maximum Gasteiger partial charge on any atom is 0.406 e. The average Bonchev–Trinajstić information content (AvgIpc) is 3.21. The van der Waals surface area contributed by atoms with Crippen LogP contribution in [0.2, 0.25) is 0 Å². The Morgan fingerprint density at radius 3 is 2.53 bits per heavy atom. The zero-order valence-corrected chi connectivity index (χ0v) is 21.8. The Bertz CT molecular complexity index is 1400. The highest BCUT2D eigenvalue weighted by molar-refractivity contribution is 5.81. The molecule has 2 heterocycles. The molecule has 9 nitrogen and oxygen atoms in total. The molecule has 4 rings (SSSR count). The average molecular weight is 529 g/mol. The molecule has 0 atom stereocenters. The first-order valence-electron chi connectivity index (χ1n) is 12.0. The smallest absolute Gasteiger partial charge is 0.406 e. The van der Waals surface area contributed by atoms with Crippen molar-refractivity contribution in [1.82, 2.24) is 24.4 Å². The Morgan fingerprint density at radius 1 is 1.05 bits per heavy atom. The Hall–Kier alpha value is -4.06. The van der Waals surface area contributed by atoms with Gasteiger partial charge in [0, 0.05) is 25.9 Å². The van der Waals surface area contributed by atoms with Gasteiger partial charge in [0.25, 0.3) is 0 Å². The molecule has 38 heavy (non-hydrogen) atoms. The predicted octanol–water partition coefficient (Wildman–Crippen LogP) is 4.78. The number of nitrogens with two attached hydrogens (primary N) is 1. The molecular formula is C26H31F3N8O. The van der Waals surface area contributed by atoms with Gasteiger partial charge in [-0.2, -0.15) is 13.2 Å². The number of nitrogens with one attached hydrogen (secondary N) is 1. The Morgan fingerprint density at radius 2 is 1.82 bits per heavy atom. The molecule has 0 amide bonds. The quantitative estimate of drug-likeness (QED) is 0.284. The number of nitrogens with zero attached hydrogens (tertiary/aromatic N) is 6. The summed E-state index contributed by atoms with van der Waals surface area (Å²) < 4.78 is 46.9. The third-order valence-corrected chi connectivity index (χ3v) is 5.98. The number of alkyl halides is 3. The van der Waals surface area contributed by atoms with Crippen LogP contribution in [0.5, 0.6) is 5.75 Å². The molecule has 4 aromatic rings. The van der Waals surface area contributed by atoms with Crippen molar-refractivity contribution in [2.24, 2.45) is 0 Å². The number of methoxy groups -OCH3 is 1. The van der Waals surface area contributed by atoms with Gasteiger partial charge in [0.1, 0.15) is 18.0 Å². The van der Waals surface area contributed by atoms with Gasteiger partial charge in [0.05, 0.1) is 35.2 Å². The number of fused-ring (bicyclic) bond motifs is 1. The molecule has 0 saturated heterocycles. The zero-order valence-electron chi connectivity index (χ0n) is 21.8. The number of para-hydroxylation sites is 2. The number of benzene rings is 2. The molecule has 3 N–H and O–H groups in total. The van der Waals surface area contributed by atoms with Gasteiger partial charge < -0.3 is 30.2 Å². The normalized spacial score (nSPS) is 11.8. The van der Waals surface area contributed by atoms with Crippen molar-refractivity contribution >= 4 is 34.0 Å². The molecule has 0 aliphatic carbocycles. The first kappa shape index (κ1) is 27.0. The summed E-state index contributed by atoms with van der Waals surface area (Å²) in [6.45, 7) is 0.567. The fourth-order valence-electron chi connectivity index (χ4n) is 4.20. The molecule has 0 aliphatic heterocycles. The summed E-state index contributed by atoms with van der Waals surface area (Å²) in [7, 11) is 7.57. The number of hydrogen-bond acceptors (Lipinski definition) is 8. The molecule has 0 aliphatic rings. The third kappa shape index (κ3) is 6.25. The Balaban J connectivity index is 1.64. The summed E-state index contributed by atoms with van der Waals surface area (Å²) >= 11 is 0. The maximum atomic E-state index is 13.4. The molecular weight excluding hydrogens is 497 g/mol. The lowest BCUT2D eigenvalue weighted by Gasteiger charge is -2.24. The van der Waals surface area contributed by atoms with E-state index in [4.69, 9.17) is 10.5 Å². The van der Waals surface area contributed by atoms with Crippen LogP contribution in [-0.2, 0) is 6.54 Å². The number of nitrogen functional groups attached to an aromatic ring is 1. The van der Waals surface area contributed by atoms with Crippen molar-refractivity contribution in [1.29, 1.82) is 0 Å². The van der Waals surface area contributed by atoms with Gasteiger partial charge in [-0.1, -0.05) is 12.1 Å². The van der Waals surface area contributed by atoms with Gasteiger partial charge in [-0.3, -0.25) is 0 Å². The highest BCUT2D eigenvalue weighted by atomic mass is 19.4. The topological polar surface area (TPSA) is 97.4 Å². The van der Waals surface area contributed by atoms with E-state index in [9.17, 15) is 13.2 Å². The number of aromatic nitrogens is 4. The summed E-state index contributed by atoms with van der Waals surface area (Å²) in [5.74, 6) is 0.778. The number of rotatable bonds is 10. The van der Waals surface area contributed by atoms with E-state index < -0.39 is 12.7 Å². The summed E-state index contributed by atoms with van der Waals surface area (Å²) in [6, 6.07) is 11.8. The van der Waals surface area contributed by atoms with Crippen LogP contribution in [0.3, 0.4) is 0 Å². The van der Waals surface area contributed by atoms with E-state index in [0.29, 0.717) is 28.2 Å². The molecule has 0 unspecified atom stereocenters. The fraction of sp³-hybridized carbons (Fsp3) is 0.346. The largest absolute Gasteiger partial charge is 0.494 e. The Kier molecular flexibility index (Phi) is 7.91. The van der Waals surface area contributed by atoms with E-state index in [-0.39, 0.29) is 17.5 Å². The van der Waals surface area contributed by atoms with Crippen LogP contribution in [0, 0.1) is 0 Å². The highest BCUT2D eigenvalue weighted by Crippen LogP contribution is 2.36. The van der Waals surface area contributed by atoms with Crippen LogP contribution in [0.1, 0.15) is 6.42 Å². The predicted molar refractivity (Wildman–Crippen MR) is 144 cm³/mol. The minimum atomic E-state index is -4.43. The van der Waals surface area contributed by atoms with E-state index in [2.05, 4.69) is 30.1 Å². The van der Waals surface area contributed by atoms with E-state index in [1.54, 1.807) is 37.4 Å². The highest BCUT2D eigenvalue weighted by Gasteiger charge is 2.31. The third-order valence-electron chi connectivity index (χ3n) is 5.98. The fourth-order valence-corrected chi connectivity index (χ4v) is 4.20. The molecule has 202 valence electrons. The molecule has 0 radical (unpaired) electrons. The number of hydrogen-bond donors (Lipinski definition) is 2. The number of anilines is 4. The minimum Gasteiger partial charge on any atom is -0.494 e. The van der Waals surface area contributed by atoms with Crippen LogP contribution in [0.25, 0.3) is 22.6 Å². The molecule has 0 fully saturated rings. The Labute approximate surface area is 219 Å². The second kappa shape index (κ2) is 11.1. The number of halogens is 3. The first-order valence-corrected chi connectivity index (χ1v) is 12.0. The van der Waals surface area contributed by atoms with Crippen LogP contribution < -0.4 is 20.7 Å². The molecule has 0 bridgehead atoms. The SMILES string of the molecule is COc1cc(N(C)CCCN(C)C)c(N)cc1Nc1nccc(-c2nc3ccccc3n2CC(F)(F)F)n1. The number of imidazole rings is 1. The maximum absolute atomic E-state index is 13.4. The van der Waals surface area contributed by atoms with Crippen LogP contribution in [0.4, 0.5) is 36.2 Å². The van der Waals surface area contributed by atoms with Gasteiger partial charge in [-0.15, -0.1) is 0 Å². The summed E-state index contributed by atoms with van der Waals surface area (Å²) in [5, 5.41) is 3.09. The lowest BCUT2D eigenvalue weighted by Crippen LogP contribution is -2.24. The van der Waals surface area contributed by atoms with Gasteiger partial charge in [-0.25, -0.2) is 15.0 Å². The second-order valence-corrected chi connectivity index (χ2v) is 9.21. The minimum absolute atomic E-state index is 0.0927. The monoisotopic (exact) mass is 528 g/mol. The molecule has 0 saturated carbocycles. The van der Waals surface area contributed by atoms with Crippen molar-refractivity contribution < 1.29 is 17.9 Å². The van der Waals surface area contributed by atoms with Crippen molar-refractivity contribution in [3.05, 3.63) is 48.7 Å². The van der Waals surface area contributed by atoms with E-state index in [1.165, 1.54) is 12.3 Å². The molecule has 2 aromatic heterocycles. The first-order chi connectivity index (χ1) is 18.1. The summed E-state index contributed by atoms with van der Waals surface area (Å²) in [6.07, 6.45) is -2.01. The van der Waals surface area contributed by atoms with Crippen LogP contribution >= 0.6 is 0 Å². The van der Waals surface area contributed by atoms with E-state index >= 15 is 0 Å². The van der Waals surface area contributed by atoms with Gasteiger partial charge in [0.15, 0.2) is 5.82 Å². The van der Waals surface area contributed by atoms with Gasteiger partial charge >= 0.3 is 6.18 Å². The molecule has 2 aromatic carbocycles. The lowest BCUT2D eigenvalue weighted by atomic mass is 10.2. The molecule has 0 spiro atoms. The van der Waals surface area contributed by atoms with Crippen molar-refractivity contribution in [3.8, 4) is 17.3 Å². The summed E-state index contributed by atoms with van der Waals surface area (Å²) in [5.41, 5.74) is 9.30. The summed E-state index contributed by atoms with van der Waals surface area (Å²) in [4.78, 5) is 17.3. The lowest BCUT2D eigenvalue weighted by molar-refractivity contribution is -0.139. The standard InChI is InChI=1S/C26H31F3N8O/c1-35(2)12-7-13-36(3)22-15-23(38-4)20(14-17(22)30)34-25-31-11-10-19(33-25)24-32-18-8-5-6-9-21(18)37(24)16-26(27,28)29/h5-6,8-11,14-15H,7,12-13,16,30H2,1-4H3,(H,31,33,34). The van der Waals surface area contributed by atoms with Crippen molar-refractivity contribution in [3.63, 3.8) is 0 Å². The van der Waals surface area contributed by atoms with Crippen molar-refractivity contribution in [2.45, 2.75) is 19.1 Å². The zero-order chi connectivity index (χ0) is 27.4. The second-order valence-electron chi connectivity index (χ2n) is 9.21. The molecule has 12 heteroatoms.